The second-order valence-corrected chi connectivity index (χ2v) is 6.71. The topological polar surface area (TPSA) is 15.3 Å². The summed E-state index contributed by atoms with van der Waals surface area (Å²) >= 11 is 6.11. The molecule has 1 atom stereocenters. The molecule has 0 aliphatic carbocycles. The van der Waals surface area contributed by atoms with E-state index in [9.17, 15) is 4.39 Å². The van der Waals surface area contributed by atoms with Crippen molar-refractivity contribution in [2.75, 3.05) is 24.5 Å². The zero-order chi connectivity index (χ0) is 14.0. The molecule has 1 aromatic rings. The fraction of sp³-hybridized carbons (Fsp3) is 0.600. The zero-order valence-electron chi connectivity index (χ0n) is 11.8. The molecule has 2 rings (SSSR count). The highest BCUT2D eigenvalue weighted by molar-refractivity contribution is 6.33. The molecule has 1 saturated heterocycles. The Morgan fingerprint density at radius 1 is 1.42 bits per heavy atom. The summed E-state index contributed by atoms with van der Waals surface area (Å²) in [6.45, 7) is 9.18. The molecule has 0 saturated carbocycles. The highest BCUT2D eigenvalue weighted by Crippen LogP contribution is 2.32. The largest absolute Gasteiger partial charge is 0.368 e. The lowest BCUT2D eigenvalue weighted by Crippen LogP contribution is -2.39. The SMILES string of the molecule is CC(C)(C)NCC1CCN(c2c(F)cccc2Cl)C1. The number of benzene rings is 1. The van der Waals surface area contributed by atoms with Crippen molar-refractivity contribution in [3.63, 3.8) is 0 Å². The van der Waals surface area contributed by atoms with Gasteiger partial charge in [-0.1, -0.05) is 17.7 Å². The Hall–Kier alpha value is -0.800. The zero-order valence-corrected chi connectivity index (χ0v) is 12.6. The minimum absolute atomic E-state index is 0.128. The maximum Gasteiger partial charge on any atom is 0.148 e. The van der Waals surface area contributed by atoms with Crippen LogP contribution in [0, 0.1) is 11.7 Å². The Bertz CT molecular complexity index is 422. The normalized spacial score (nSPS) is 20.1. The van der Waals surface area contributed by atoms with Crippen molar-refractivity contribution in [1.82, 2.24) is 5.32 Å². The summed E-state index contributed by atoms with van der Waals surface area (Å²) in [7, 11) is 0. The van der Waals surface area contributed by atoms with Gasteiger partial charge in [-0.05, 0) is 45.2 Å². The van der Waals surface area contributed by atoms with Gasteiger partial charge < -0.3 is 10.2 Å². The molecular weight excluding hydrogens is 263 g/mol. The Kier molecular flexibility index (Phi) is 4.36. The van der Waals surface area contributed by atoms with E-state index in [-0.39, 0.29) is 11.4 Å². The number of rotatable bonds is 3. The van der Waals surface area contributed by atoms with Crippen LogP contribution in [0.25, 0.3) is 0 Å². The van der Waals surface area contributed by atoms with Gasteiger partial charge in [0.1, 0.15) is 5.82 Å². The smallest absolute Gasteiger partial charge is 0.148 e. The molecule has 4 heteroatoms. The van der Waals surface area contributed by atoms with Gasteiger partial charge in [-0.15, -0.1) is 0 Å². The molecule has 0 amide bonds. The fourth-order valence-electron chi connectivity index (χ4n) is 2.44. The first-order valence-corrected chi connectivity index (χ1v) is 7.18. The second kappa shape index (κ2) is 5.68. The van der Waals surface area contributed by atoms with E-state index in [1.165, 1.54) is 6.07 Å². The Morgan fingerprint density at radius 2 is 2.16 bits per heavy atom. The number of nitrogens with one attached hydrogen (secondary N) is 1. The minimum atomic E-state index is -0.225. The van der Waals surface area contributed by atoms with Crippen molar-refractivity contribution in [2.24, 2.45) is 5.92 Å². The van der Waals surface area contributed by atoms with E-state index in [1.807, 2.05) is 0 Å². The molecule has 1 heterocycles. The van der Waals surface area contributed by atoms with Crippen LogP contribution in [0.3, 0.4) is 0 Å². The minimum Gasteiger partial charge on any atom is -0.368 e. The summed E-state index contributed by atoms with van der Waals surface area (Å²) in [5, 5.41) is 4.02. The van der Waals surface area contributed by atoms with E-state index in [4.69, 9.17) is 11.6 Å². The van der Waals surface area contributed by atoms with E-state index in [0.29, 0.717) is 16.6 Å². The maximum atomic E-state index is 13.9. The highest BCUT2D eigenvalue weighted by Gasteiger charge is 2.26. The van der Waals surface area contributed by atoms with E-state index >= 15 is 0 Å². The van der Waals surface area contributed by atoms with Crippen LogP contribution >= 0.6 is 11.6 Å². The lowest BCUT2D eigenvalue weighted by atomic mass is 10.1. The quantitative estimate of drug-likeness (QED) is 0.911. The van der Waals surface area contributed by atoms with Crippen LogP contribution in [-0.2, 0) is 0 Å². The van der Waals surface area contributed by atoms with Gasteiger partial charge in [0.05, 0.1) is 10.7 Å². The average Bonchev–Trinajstić information content (AvgIpc) is 2.74. The Balaban J connectivity index is 1.99. The van der Waals surface area contributed by atoms with E-state index < -0.39 is 0 Å². The first-order valence-electron chi connectivity index (χ1n) is 6.81. The summed E-state index contributed by atoms with van der Waals surface area (Å²) in [5.74, 6) is 0.326. The molecule has 1 unspecified atom stereocenters. The summed E-state index contributed by atoms with van der Waals surface area (Å²) in [6.07, 6.45) is 1.08. The summed E-state index contributed by atoms with van der Waals surface area (Å²) in [4.78, 5) is 2.06. The first-order chi connectivity index (χ1) is 8.87. The summed E-state index contributed by atoms with van der Waals surface area (Å²) < 4.78 is 13.9. The Labute approximate surface area is 119 Å². The van der Waals surface area contributed by atoms with Gasteiger partial charge in [-0.2, -0.15) is 0 Å². The van der Waals surface area contributed by atoms with Gasteiger partial charge in [-0.25, -0.2) is 4.39 Å². The van der Waals surface area contributed by atoms with Crippen molar-refractivity contribution in [2.45, 2.75) is 32.7 Å². The lowest BCUT2D eigenvalue weighted by molar-refractivity contribution is 0.383. The van der Waals surface area contributed by atoms with Crippen molar-refractivity contribution >= 4 is 17.3 Å². The molecule has 1 aromatic carbocycles. The Morgan fingerprint density at radius 3 is 2.79 bits per heavy atom. The van der Waals surface area contributed by atoms with Gasteiger partial charge in [-0.3, -0.25) is 0 Å². The first kappa shape index (κ1) is 14.6. The third-order valence-corrected chi connectivity index (χ3v) is 3.77. The van der Waals surface area contributed by atoms with Gasteiger partial charge in [0.2, 0.25) is 0 Å². The molecule has 19 heavy (non-hydrogen) atoms. The summed E-state index contributed by atoms with van der Waals surface area (Å²) in [5.41, 5.74) is 0.686. The third kappa shape index (κ3) is 3.83. The third-order valence-electron chi connectivity index (χ3n) is 3.46. The van der Waals surface area contributed by atoms with Gasteiger partial charge >= 0.3 is 0 Å². The second-order valence-electron chi connectivity index (χ2n) is 6.30. The van der Waals surface area contributed by atoms with Crippen LogP contribution in [0.2, 0.25) is 5.02 Å². The molecule has 0 aromatic heterocycles. The van der Waals surface area contributed by atoms with Crippen molar-refractivity contribution in [1.29, 1.82) is 0 Å². The molecule has 0 bridgehead atoms. The highest BCUT2D eigenvalue weighted by atomic mass is 35.5. The van der Waals surface area contributed by atoms with Crippen molar-refractivity contribution < 1.29 is 4.39 Å². The van der Waals surface area contributed by atoms with E-state index in [0.717, 1.165) is 26.1 Å². The number of para-hydroxylation sites is 1. The maximum absolute atomic E-state index is 13.9. The summed E-state index contributed by atoms with van der Waals surface area (Å²) in [6, 6.07) is 4.87. The van der Waals surface area contributed by atoms with E-state index in [2.05, 4.69) is 31.0 Å². The van der Waals surface area contributed by atoms with E-state index in [1.54, 1.807) is 12.1 Å². The monoisotopic (exact) mass is 284 g/mol. The molecule has 106 valence electrons. The predicted molar refractivity (Wildman–Crippen MR) is 79.5 cm³/mol. The standard InChI is InChI=1S/C15H22ClFN2/c1-15(2,3)18-9-11-7-8-19(10-11)14-12(16)5-4-6-13(14)17/h4-6,11,18H,7-10H2,1-3H3. The van der Waals surface area contributed by atoms with Crippen molar-refractivity contribution in [3.8, 4) is 0 Å². The van der Waals surface area contributed by atoms with Gasteiger partial charge in [0.15, 0.2) is 0 Å². The molecule has 1 aliphatic rings. The van der Waals surface area contributed by atoms with Crippen LogP contribution in [0.1, 0.15) is 27.2 Å². The predicted octanol–water partition coefficient (Wildman–Crippen LogP) is 3.69. The number of anilines is 1. The number of hydrogen-bond acceptors (Lipinski definition) is 2. The van der Waals surface area contributed by atoms with Crippen LogP contribution in [-0.4, -0.2) is 25.2 Å². The molecule has 2 nitrogen and oxygen atoms in total. The molecular formula is C15H22ClFN2. The molecule has 0 spiro atoms. The molecule has 1 aliphatic heterocycles. The van der Waals surface area contributed by atoms with Gasteiger partial charge in [0.25, 0.3) is 0 Å². The molecule has 1 N–H and O–H groups in total. The average molecular weight is 285 g/mol. The van der Waals surface area contributed by atoms with Crippen molar-refractivity contribution in [3.05, 3.63) is 29.0 Å². The lowest BCUT2D eigenvalue weighted by Gasteiger charge is -2.24. The van der Waals surface area contributed by atoms with Crippen LogP contribution in [0.4, 0.5) is 10.1 Å². The van der Waals surface area contributed by atoms with Crippen LogP contribution < -0.4 is 10.2 Å². The number of nitrogens with zero attached hydrogens (tertiary/aromatic N) is 1. The molecule has 1 fully saturated rings. The van der Waals surface area contributed by atoms with Crippen LogP contribution in [0.15, 0.2) is 18.2 Å². The van der Waals surface area contributed by atoms with Crippen LogP contribution in [0.5, 0.6) is 0 Å². The number of hydrogen-bond donors (Lipinski definition) is 1. The fourth-order valence-corrected chi connectivity index (χ4v) is 2.73. The molecule has 0 radical (unpaired) electrons. The number of halogens is 2. The van der Waals surface area contributed by atoms with Gasteiger partial charge in [0, 0.05) is 25.2 Å².